The maximum absolute atomic E-state index is 12.5. The Bertz CT molecular complexity index is 4270. The summed E-state index contributed by atoms with van der Waals surface area (Å²) in [5.41, 5.74) is 0. The van der Waals surface area contributed by atoms with E-state index in [4.69, 9.17) is 130 Å². The summed E-state index contributed by atoms with van der Waals surface area (Å²) in [6.45, 7) is -8.49. The van der Waals surface area contributed by atoms with E-state index in [2.05, 4.69) is 4.18 Å². The molecule has 0 aromatic carbocycles. The second kappa shape index (κ2) is 38.7. The molecule has 15 fully saturated rings. The van der Waals surface area contributed by atoms with E-state index in [-0.39, 0.29) is 6.61 Å². The molecule has 15 aliphatic heterocycles. The number of hydrogen-bond acceptors (Lipinski definition) is 56. The Morgan fingerprint density at radius 2 is 0.389 bits per heavy atom. The van der Waals surface area contributed by atoms with E-state index < -0.39 is 419 Å². The lowest BCUT2D eigenvalue weighted by molar-refractivity contribution is -0.383. The van der Waals surface area contributed by atoms with E-state index >= 15 is 0 Å². The Kier molecular flexibility index (Phi) is 30.2. The van der Waals surface area contributed by atoms with Gasteiger partial charge in [-0.05, 0) is 0 Å². The molecule has 0 spiro atoms. The van der Waals surface area contributed by atoms with Crippen molar-refractivity contribution >= 4 is 52.0 Å². The highest BCUT2D eigenvalue weighted by Crippen LogP contribution is 2.46. The minimum atomic E-state index is -5.67. The second-order valence-electron chi connectivity index (χ2n) is 31.1. The van der Waals surface area contributed by atoms with Crippen molar-refractivity contribution in [2.45, 2.75) is 307 Å². The molecule has 15 heterocycles. The third-order valence-corrected chi connectivity index (χ3v) is 25.5. The molecule has 66 heteroatoms. The molecule has 50 atom stereocenters. The Hall–Kier alpha value is -2.29. The smallest absolute Gasteiger partial charge is 0.394 e. The van der Waals surface area contributed by atoms with Crippen molar-refractivity contribution in [3.63, 3.8) is 0 Å². The van der Waals surface area contributed by atoms with Gasteiger partial charge in [0.15, 0.2) is 62.9 Å². The van der Waals surface area contributed by atoms with Gasteiger partial charge in [-0.2, -0.15) is 42.1 Å². The first-order valence-electron chi connectivity index (χ1n) is 38.3. The number of aliphatic hydroxyl groups is 17. The van der Waals surface area contributed by atoms with Crippen LogP contribution in [0.3, 0.4) is 0 Å². The molecule has 15 saturated heterocycles. The summed E-state index contributed by atoms with van der Waals surface area (Å²) in [4.78, 5) is 0. The van der Waals surface area contributed by atoms with Gasteiger partial charge in [0.05, 0.1) is 66.1 Å². The number of ether oxygens (including phenoxy) is 24. The molecule has 0 aliphatic carbocycles. The fourth-order valence-corrected chi connectivity index (χ4v) is 20.1. The van der Waals surface area contributed by atoms with Crippen molar-refractivity contribution in [2.24, 2.45) is 0 Å². The van der Waals surface area contributed by atoms with Gasteiger partial charge in [0.2, 0.25) is 0 Å². The van der Waals surface area contributed by atoms with E-state index in [0.29, 0.717) is 0 Å². The second-order valence-corrected chi connectivity index (χ2v) is 36.3. The molecule has 61 nitrogen and oxygen atoms in total. The molecule has 728 valence electrons. The molecule has 0 saturated carbocycles. The number of aliphatic hydroxyl groups excluding tert-OH is 17. The Labute approximate surface area is 708 Å². The first kappa shape index (κ1) is 98.2. The Morgan fingerprint density at radius 3 is 0.619 bits per heavy atom. The minimum absolute atomic E-state index is 0.246. The lowest BCUT2D eigenvalue weighted by atomic mass is 9.96. The summed E-state index contributed by atoms with van der Waals surface area (Å²) < 4.78 is 334. The molecule has 22 N–H and O–H groups in total. The van der Waals surface area contributed by atoms with Crippen molar-refractivity contribution in [3.05, 3.63) is 0 Å². The predicted octanol–water partition coefficient (Wildman–Crippen LogP) is -18.4. The first-order valence-corrected chi connectivity index (χ1v) is 45.1. The van der Waals surface area contributed by atoms with Gasteiger partial charge in [-0.15, -0.1) is 0 Å². The molecule has 126 heavy (non-hydrogen) atoms. The zero-order chi connectivity index (χ0) is 90.9. The standard InChI is InChI=1S/C60H92O61S5/c61-1-11-36(117-122(78,79)80)46(22(67)51(77)98-11)112-53-24(69)42-32(17(104-53)7-94-42)108-58-29(74)48(38(13(3-63)100-58)119-124(84,85)86)114-55-26(71)44-34(19(106-55)9-96-44)110-60-31(76)50(40(15(5-65)102-60)121-126(90,91)92)116-56-27(72)45-35(20(107-56)10-97-45)111-59-30(75)49(39(14(4-64)101-59)120-125(87,88)89)115-54-25(70)43-33(18(105-54)8-95-43)109-57-28(73)47(37(12(2-62)99-57)118-123(81,82)83)113-52-23(68)41-21(66)16(103-52)6-93-41/h11-77H,1-10H2,(H,78,79,80)(H,81,82,83)(H,84,85,86)(H,87,88,89)(H,90,91,92)/t11-,12-,13-,14-,15-,16-,17-,18-,19-,20-,21+,22-,23-,24-,25-,26-,27-,28-,29-,30-,31-,32+,33+,34+,35+,36+,37+,38+,39+,40+,41+,42-,43-,44-,45-,46-,47-,48-,49-,50-,51?,52-,53-,54-,55-,56-,57+,58+,59+,60+/m1/s1. The highest BCUT2D eigenvalue weighted by Gasteiger charge is 2.66. The SMILES string of the molecule is O=S(=O)(O)O[C@@H]1[C@H](O[C@H]2O[C@@H]3CO[C@@H]([C@H]3O)[C@H]2O)[C@@H](O)[C@H](O[C@@H]2[C@@H]3OC[C@H]2O[C@H](O[C@@H]2[C@@H](O)[C@H](O[C@@H]4[C@@H]5OC[C@H]4O[C@H](O[C@@H]4[C@@H](O)[C@H](O[C@@H]6[C@@H]7OC[C@H]6O[C@H](O[C@@H]6[C@@H](O)[C@H](O[C@@H]8[C@@H]9OC[C@H]8O[C@H](O[C@H]8[C@@H](OS(=O)(=O)O)[C@@H](CO)OC(O)[C@@H]8O)[C@@H]9O)O[C@H](CO)[C@@H]6OS(=O)(=O)O)[C@@H]7O)O[C@H](CO)[C@@H]4OS(=O)(=O)O)[C@@H]5O)O[C@H](CO)[C@@H]2OS(=O)(=O)O)[C@@H]3O)O[C@@H]1CO. The maximum Gasteiger partial charge on any atom is 0.397 e. The Balaban J connectivity index is 0.599. The van der Waals surface area contributed by atoms with Crippen LogP contribution in [0.5, 0.6) is 0 Å². The number of fused-ring (bicyclic) bond motifs is 10. The minimum Gasteiger partial charge on any atom is -0.394 e. The molecule has 0 amide bonds. The van der Waals surface area contributed by atoms with E-state index in [1.54, 1.807) is 0 Å². The van der Waals surface area contributed by atoms with E-state index in [1.165, 1.54) is 0 Å². The van der Waals surface area contributed by atoms with Crippen molar-refractivity contribution in [1.82, 2.24) is 0 Å². The molecule has 15 aliphatic rings. The van der Waals surface area contributed by atoms with Crippen LogP contribution >= 0.6 is 0 Å². The average molecular weight is 1950 g/mol. The molecular weight excluding hydrogens is 1860 g/mol. The van der Waals surface area contributed by atoms with Crippen LogP contribution in [0.2, 0.25) is 0 Å². The van der Waals surface area contributed by atoms with Gasteiger partial charge in [-0.25, -0.2) is 20.9 Å². The van der Waals surface area contributed by atoms with E-state index in [0.717, 1.165) is 0 Å². The van der Waals surface area contributed by atoms with Crippen molar-refractivity contribution in [1.29, 1.82) is 0 Å². The lowest BCUT2D eigenvalue weighted by Crippen LogP contribution is -2.67. The topological polar surface area (TPSA) is 883 Å². The quantitative estimate of drug-likeness (QED) is 0.0271. The van der Waals surface area contributed by atoms with Crippen LogP contribution in [0.4, 0.5) is 0 Å². The average Bonchev–Trinajstić information content (AvgIpc) is 1.50. The summed E-state index contributed by atoms with van der Waals surface area (Å²) in [6, 6.07) is 0. The summed E-state index contributed by atoms with van der Waals surface area (Å²) >= 11 is 0. The molecule has 0 aromatic heterocycles. The van der Waals surface area contributed by atoms with Gasteiger partial charge in [0.1, 0.15) is 244 Å². The summed E-state index contributed by atoms with van der Waals surface area (Å²) in [6.07, 6.45) is -98.4. The predicted molar refractivity (Wildman–Crippen MR) is 365 cm³/mol. The summed E-state index contributed by atoms with van der Waals surface area (Å²) in [5.74, 6) is 0. The van der Waals surface area contributed by atoms with Crippen LogP contribution in [0.25, 0.3) is 0 Å². The van der Waals surface area contributed by atoms with Crippen LogP contribution in [-0.4, -0.2) is 525 Å². The Morgan fingerprint density at radius 1 is 0.206 bits per heavy atom. The van der Waals surface area contributed by atoms with Gasteiger partial charge in [0.25, 0.3) is 0 Å². The van der Waals surface area contributed by atoms with Crippen LogP contribution < -0.4 is 0 Å². The van der Waals surface area contributed by atoms with Gasteiger partial charge >= 0.3 is 52.0 Å². The molecule has 15 rings (SSSR count). The number of rotatable bonds is 33. The zero-order valence-electron chi connectivity index (χ0n) is 63.7. The van der Waals surface area contributed by atoms with Crippen molar-refractivity contribution < 1.29 is 286 Å². The highest BCUT2D eigenvalue weighted by atomic mass is 32.3. The van der Waals surface area contributed by atoms with Crippen molar-refractivity contribution in [2.75, 3.05) is 66.1 Å². The van der Waals surface area contributed by atoms with Crippen LogP contribution in [0.15, 0.2) is 0 Å². The molecular formula is C60H92O61S5. The molecule has 10 bridgehead atoms. The highest BCUT2D eigenvalue weighted by molar-refractivity contribution is 7.81. The zero-order valence-corrected chi connectivity index (χ0v) is 67.8. The summed E-state index contributed by atoms with van der Waals surface area (Å²) in [5, 5.41) is 190. The van der Waals surface area contributed by atoms with Crippen LogP contribution in [-0.2, 0) is 187 Å². The van der Waals surface area contributed by atoms with Crippen molar-refractivity contribution in [3.8, 4) is 0 Å². The monoisotopic (exact) mass is 1950 g/mol. The fraction of sp³-hybridized carbons (Fsp3) is 1.00. The van der Waals surface area contributed by atoms with Gasteiger partial charge in [-0.3, -0.25) is 22.8 Å². The van der Waals surface area contributed by atoms with Gasteiger partial charge < -0.3 is 200 Å². The lowest BCUT2D eigenvalue weighted by Gasteiger charge is -2.49. The first-order chi connectivity index (χ1) is 59.2. The third-order valence-electron chi connectivity index (χ3n) is 23.1. The van der Waals surface area contributed by atoms with Gasteiger partial charge in [0, 0.05) is 0 Å². The van der Waals surface area contributed by atoms with Gasteiger partial charge in [-0.1, -0.05) is 0 Å². The van der Waals surface area contributed by atoms with E-state index in [9.17, 15) is 152 Å². The fourth-order valence-electron chi connectivity index (χ4n) is 17.5. The normalized spacial score (nSPS) is 51.1. The van der Waals surface area contributed by atoms with Crippen LogP contribution in [0.1, 0.15) is 0 Å². The molecule has 1 unspecified atom stereocenters. The van der Waals surface area contributed by atoms with Crippen LogP contribution in [0, 0.1) is 0 Å². The largest absolute Gasteiger partial charge is 0.397 e. The molecule has 0 aromatic rings. The maximum atomic E-state index is 12.5. The summed E-state index contributed by atoms with van der Waals surface area (Å²) in [7, 11) is -27.8. The third kappa shape index (κ3) is 20.6. The number of hydrogen-bond donors (Lipinski definition) is 22. The van der Waals surface area contributed by atoms with E-state index in [1.807, 2.05) is 0 Å². The molecule has 0 radical (unpaired) electrons.